The maximum Gasteiger partial charge on any atom is 0.161 e. The maximum atomic E-state index is 9.12. The van der Waals surface area contributed by atoms with Crippen molar-refractivity contribution in [3.8, 4) is 17.2 Å². The number of benzene rings is 2. The third-order valence-corrected chi connectivity index (χ3v) is 5.50. The number of aliphatic hydroxyl groups is 1. The van der Waals surface area contributed by atoms with Crippen LogP contribution < -0.4 is 14.2 Å². The topological polar surface area (TPSA) is 73.7 Å². The lowest BCUT2D eigenvalue weighted by atomic mass is 9.99. The van der Waals surface area contributed by atoms with E-state index in [1.807, 2.05) is 48.7 Å². The predicted octanol–water partition coefficient (Wildman–Crippen LogP) is 5.56. The van der Waals surface area contributed by atoms with Gasteiger partial charge in [0, 0.05) is 34.8 Å². The summed E-state index contributed by atoms with van der Waals surface area (Å²) in [4.78, 5) is 9.64. The van der Waals surface area contributed by atoms with Crippen molar-refractivity contribution in [2.75, 3.05) is 27.4 Å². The zero-order valence-electron chi connectivity index (χ0n) is 19.5. The lowest BCUT2D eigenvalue weighted by molar-refractivity contribution is 0.202. The fraction of sp³-hybridized carbons (Fsp3) is 0.308. The molecule has 0 aliphatic heterocycles. The summed E-state index contributed by atoms with van der Waals surface area (Å²) in [5.74, 6) is 2.07. The molecule has 0 unspecified atom stereocenters. The third-order valence-electron chi connectivity index (χ3n) is 5.50. The molecule has 6 nitrogen and oxygen atoms in total. The predicted molar refractivity (Wildman–Crippen MR) is 140 cm³/mol. The number of aryl methyl sites for hydroxylation is 1. The van der Waals surface area contributed by atoms with E-state index >= 15 is 0 Å². The average Bonchev–Trinajstić information content (AvgIpc) is 2.83. The van der Waals surface area contributed by atoms with E-state index in [1.54, 1.807) is 14.2 Å². The molecular formula is C26H30Cl2N2O4. The van der Waals surface area contributed by atoms with Gasteiger partial charge in [0.2, 0.25) is 0 Å². The minimum absolute atomic E-state index is 0. The largest absolute Gasteiger partial charge is 0.493 e. The maximum absolute atomic E-state index is 9.12. The molecule has 1 N–H and O–H groups in total. The normalized spacial score (nSPS) is 10.5. The highest BCUT2D eigenvalue weighted by molar-refractivity contribution is 5.91. The summed E-state index contributed by atoms with van der Waals surface area (Å²) >= 11 is 0. The van der Waals surface area contributed by atoms with Gasteiger partial charge in [-0.15, -0.1) is 24.8 Å². The molecule has 0 fully saturated rings. The summed E-state index contributed by atoms with van der Waals surface area (Å²) in [5, 5.41) is 12.3. The molecule has 0 radical (unpaired) electrons. The van der Waals surface area contributed by atoms with Crippen molar-refractivity contribution < 1.29 is 19.3 Å². The minimum Gasteiger partial charge on any atom is -0.493 e. The number of para-hydroxylation sites is 1. The summed E-state index contributed by atoms with van der Waals surface area (Å²) in [7, 11) is 3.30. The van der Waals surface area contributed by atoms with E-state index in [2.05, 4.69) is 6.92 Å². The molecule has 0 saturated heterocycles. The van der Waals surface area contributed by atoms with Gasteiger partial charge >= 0.3 is 0 Å². The van der Waals surface area contributed by atoms with E-state index < -0.39 is 0 Å². The number of hydrogen-bond donors (Lipinski definition) is 1. The second-order valence-corrected chi connectivity index (χ2v) is 7.61. The molecule has 0 aliphatic rings. The van der Waals surface area contributed by atoms with Crippen molar-refractivity contribution in [1.29, 1.82) is 0 Å². The van der Waals surface area contributed by atoms with Gasteiger partial charge in [0.25, 0.3) is 0 Å². The van der Waals surface area contributed by atoms with Gasteiger partial charge in [-0.1, -0.05) is 31.5 Å². The van der Waals surface area contributed by atoms with Crippen molar-refractivity contribution in [1.82, 2.24) is 9.97 Å². The van der Waals surface area contributed by atoms with Crippen LogP contribution >= 0.6 is 24.8 Å². The van der Waals surface area contributed by atoms with Gasteiger partial charge in [-0.3, -0.25) is 4.98 Å². The lowest BCUT2D eigenvalue weighted by Gasteiger charge is -2.15. The van der Waals surface area contributed by atoms with Crippen LogP contribution in [0.5, 0.6) is 17.2 Å². The molecule has 2 aromatic carbocycles. The number of hydrogen-bond acceptors (Lipinski definition) is 6. The first-order valence-corrected chi connectivity index (χ1v) is 10.8. The van der Waals surface area contributed by atoms with Crippen molar-refractivity contribution in [3.63, 3.8) is 0 Å². The molecule has 0 atom stereocenters. The third kappa shape index (κ3) is 5.63. The number of ether oxygens (including phenoxy) is 3. The number of halogens is 2. The number of nitrogens with zero attached hydrogens (tertiary/aromatic N) is 2. The fourth-order valence-electron chi connectivity index (χ4n) is 3.98. The van der Waals surface area contributed by atoms with Gasteiger partial charge in [-0.05, 0) is 41.6 Å². The number of fused-ring (bicyclic) bond motifs is 2. The van der Waals surface area contributed by atoms with Gasteiger partial charge in [0.1, 0.15) is 17.9 Å². The Bertz CT molecular complexity index is 1250. The van der Waals surface area contributed by atoms with Gasteiger partial charge in [0.15, 0.2) is 11.5 Å². The van der Waals surface area contributed by atoms with E-state index in [9.17, 15) is 0 Å². The minimum atomic E-state index is -0.0386. The van der Waals surface area contributed by atoms with Crippen LogP contribution in [0.2, 0.25) is 0 Å². The van der Waals surface area contributed by atoms with Crippen LogP contribution in [0.4, 0.5) is 0 Å². The van der Waals surface area contributed by atoms with Gasteiger partial charge < -0.3 is 19.3 Å². The highest BCUT2D eigenvalue weighted by Gasteiger charge is 2.14. The van der Waals surface area contributed by atoms with Crippen LogP contribution in [0.3, 0.4) is 0 Å². The molecule has 182 valence electrons. The van der Waals surface area contributed by atoms with E-state index in [0.29, 0.717) is 23.7 Å². The number of aliphatic hydroxyl groups excluding tert-OH is 1. The fourth-order valence-corrected chi connectivity index (χ4v) is 3.98. The molecule has 0 bridgehead atoms. The Morgan fingerprint density at radius 3 is 2.32 bits per heavy atom. The van der Waals surface area contributed by atoms with Crippen molar-refractivity contribution >= 4 is 46.5 Å². The SMILES string of the molecule is CCCc1ncc(Cc2ccc3cccc(OCCO)c3n2)c2cc(OC)c(OC)cc12.Cl.Cl. The molecule has 0 saturated carbocycles. The Morgan fingerprint density at radius 2 is 1.65 bits per heavy atom. The van der Waals surface area contributed by atoms with Crippen LogP contribution in [0.15, 0.2) is 48.7 Å². The summed E-state index contributed by atoms with van der Waals surface area (Å²) in [6.45, 7) is 2.35. The Labute approximate surface area is 212 Å². The van der Waals surface area contributed by atoms with E-state index in [0.717, 1.165) is 51.5 Å². The molecule has 2 aromatic heterocycles. The summed E-state index contributed by atoms with van der Waals surface area (Å²) in [6.07, 6.45) is 4.47. The van der Waals surface area contributed by atoms with Crippen LogP contribution in [-0.4, -0.2) is 42.5 Å². The number of aromatic nitrogens is 2. The molecule has 0 amide bonds. The van der Waals surface area contributed by atoms with Crippen LogP contribution in [-0.2, 0) is 12.8 Å². The van der Waals surface area contributed by atoms with Crippen molar-refractivity contribution in [2.24, 2.45) is 0 Å². The van der Waals surface area contributed by atoms with Crippen LogP contribution in [0, 0.1) is 0 Å². The lowest BCUT2D eigenvalue weighted by Crippen LogP contribution is -2.03. The monoisotopic (exact) mass is 504 g/mol. The average molecular weight is 505 g/mol. The quantitative estimate of drug-likeness (QED) is 0.321. The van der Waals surface area contributed by atoms with Crippen LogP contribution in [0.1, 0.15) is 30.3 Å². The second kappa shape index (κ2) is 12.6. The summed E-state index contributed by atoms with van der Waals surface area (Å²) in [6, 6.07) is 13.9. The zero-order chi connectivity index (χ0) is 22.5. The molecule has 8 heteroatoms. The second-order valence-electron chi connectivity index (χ2n) is 7.61. The Hall–Kier alpha value is -2.80. The zero-order valence-corrected chi connectivity index (χ0v) is 21.2. The van der Waals surface area contributed by atoms with E-state index in [-0.39, 0.29) is 38.0 Å². The standard InChI is InChI=1S/C26H28N2O4.2ClH/c1-4-6-22-21-15-25(31-3)24(30-2)14-20(21)18(16-27-22)13-19-10-9-17-7-5-8-23(26(17)28-19)32-12-11-29;;/h5,7-10,14-16,29H,4,6,11-13H2,1-3H3;2*1H. The van der Waals surface area contributed by atoms with Crippen molar-refractivity contribution in [2.45, 2.75) is 26.2 Å². The van der Waals surface area contributed by atoms with Crippen LogP contribution in [0.25, 0.3) is 21.7 Å². The van der Waals surface area contributed by atoms with E-state index in [1.165, 1.54) is 0 Å². The highest BCUT2D eigenvalue weighted by Crippen LogP contribution is 2.36. The van der Waals surface area contributed by atoms with Gasteiger partial charge in [-0.2, -0.15) is 0 Å². The first-order chi connectivity index (χ1) is 15.7. The molecule has 0 spiro atoms. The molecule has 4 rings (SSSR count). The number of rotatable bonds is 9. The van der Waals surface area contributed by atoms with Gasteiger partial charge in [0.05, 0.1) is 20.8 Å². The summed E-state index contributed by atoms with van der Waals surface area (Å²) < 4.78 is 16.8. The first-order valence-electron chi connectivity index (χ1n) is 10.8. The Kier molecular flexibility index (Phi) is 10.2. The molecule has 4 aromatic rings. The molecule has 0 aliphatic carbocycles. The molecule has 34 heavy (non-hydrogen) atoms. The van der Waals surface area contributed by atoms with Crippen molar-refractivity contribution in [3.05, 3.63) is 65.6 Å². The molecule has 2 heterocycles. The van der Waals surface area contributed by atoms with Gasteiger partial charge in [-0.25, -0.2) is 4.98 Å². The summed E-state index contributed by atoms with van der Waals surface area (Å²) in [5.41, 5.74) is 3.83. The highest BCUT2D eigenvalue weighted by atomic mass is 35.5. The smallest absolute Gasteiger partial charge is 0.161 e. The van der Waals surface area contributed by atoms with E-state index in [4.69, 9.17) is 29.3 Å². The molecular weight excluding hydrogens is 475 g/mol. The number of pyridine rings is 2. The Morgan fingerprint density at radius 1 is 0.912 bits per heavy atom. The Balaban J connectivity index is 0.00000204. The first kappa shape index (κ1) is 27.4. The number of methoxy groups -OCH3 is 2.